The van der Waals surface area contributed by atoms with Crippen molar-refractivity contribution in [3.05, 3.63) is 64.7 Å². The van der Waals surface area contributed by atoms with Crippen molar-refractivity contribution in [1.29, 1.82) is 0 Å². The molecule has 2 amide bonds. The number of amides is 2. The standard InChI is InChI=1S/C21H25ClN2O2S/c1-15-4-10-19(11-5-15)27-13-12-20(25)24(16(2)21(26)23-3)14-17-6-8-18(22)9-7-17/h4-11,16H,12-14H2,1-3H3,(H,23,26)/t16-/m1/s1. The Labute approximate surface area is 170 Å². The molecule has 0 radical (unpaired) electrons. The molecule has 4 nitrogen and oxygen atoms in total. The van der Waals surface area contributed by atoms with Gasteiger partial charge in [0.15, 0.2) is 0 Å². The number of nitrogens with one attached hydrogen (secondary N) is 1. The van der Waals surface area contributed by atoms with E-state index in [2.05, 4.69) is 29.6 Å². The fourth-order valence-corrected chi connectivity index (χ4v) is 3.58. The maximum Gasteiger partial charge on any atom is 0.242 e. The van der Waals surface area contributed by atoms with Gasteiger partial charge in [0.2, 0.25) is 11.8 Å². The molecule has 0 unspecified atom stereocenters. The normalized spacial score (nSPS) is 11.7. The van der Waals surface area contributed by atoms with Crippen molar-refractivity contribution in [1.82, 2.24) is 10.2 Å². The van der Waals surface area contributed by atoms with E-state index in [9.17, 15) is 9.59 Å². The molecule has 0 saturated heterocycles. The molecule has 0 aliphatic carbocycles. The van der Waals surface area contributed by atoms with Gasteiger partial charge in [-0.1, -0.05) is 41.4 Å². The molecule has 144 valence electrons. The minimum absolute atomic E-state index is 0.0411. The first-order valence-corrected chi connectivity index (χ1v) is 10.2. The molecule has 0 spiro atoms. The van der Waals surface area contributed by atoms with E-state index < -0.39 is 6.04 Å². The zero-order chi connectivity index (χ0) is 19.8. The molecule has 0 fully saturated rings. The largest absolute Gasteiger partial charge is 0.357 e. The summed E-state index contributed by atoms with van der Waals surface area (Å²) < 4.78 is 0. The summed E-state index contributed by atoms with van der Waals surface area (Å²) in [6, 6.07) is 15.0. The highest BCUT2D eigenvalue weighted by atomic mass is 35.5. The lowest BCUT2D eigenvalue weighted by atomic mass is 10.1. The maximum atomic E-state index is 12.8. The molecule has 2 aromatic carbocycles. The van der Waals surface area contributed by atoms with Crippen molar-refractivity contribution in [2.75, 3.05) is 12.8 Å². The number of thioether (sulfide) groups is 1. The van der Waals surface area contributed by atoms with Crippen LogP contribution >= 0.6 is 23.4 Å². The molecular formula is C21H25ClN2O2S. The van der Waals surface area contributed by atoms with Gasteiger partial charge in [-0.25, -0.2) is 0 Å². The second-order valence-electron chi connectivity index (χ2n) is 6.35. The zero-order valence-electron chi connectivity index (χ0n) is 15.9. The van der Waals surface area contributed by atoms with Crippen LogP contribution in [0.25, 0.3) is 0 Å². The van der Waals surface area contributed by atoms with Crippen molar-refractivity contribution in [3.8, 4) is 0 Å². The molecule has 2 rings (SSSR count). The SMILES string of the molecule is CNC(=O)[C@@H](C)N(Cc1ccc(Cl)cc1)C(=O)CCSc1ccc(C)cc1. The molecule has 6 heteroatoms. The number of carbonyl (C=O) groups excluding carboxylic acids is 2. The summed E-state index contributed by atoms with van der Waals surface area (Å²) in [4.78, 5) is 27.7. The minimum Gasteiger partial charge on any atom is -0.357 e. The van der Waals surface area contributed by atoms with Crippen LogP contribution in [0.4, 0.5) is 0 Å². The zero-order valence-corrected chi connectivity index (χ0v) is 17.4. The van der Waals surface area contributed by atoms with Gasteiger partial charge in [0.05, 0.1) is 0 Å². The number of halogens is 1. The van der Waals surface area contributed by atoms with Gasteiger partial charge in [0.1, 0.15) is 6.04 Å². The quantitative estimate of drug-likeness (QED) is 0.667. The van der Waals surface area contributed by atoms with Gasteiger partial charge in [0.25, 0.3) is 0 Å². The summed E-state index contributed by atoms with van der Waals surface area (Å²) in [7, 11) is 1.58. The van der Waals surface area contributed by atoms with E-state index in [1.165, 1.54) is 5.56 Å². The monoisotopic (exact) mass is 404 g/mol. The topological polar surface area (TPSA) is 49.4 Å². The Kier molecular flexibility index (Phi) is 8.20. The Bertz CT molecular complexity index is 763. The first kappa shape index (κ1) is 21.3. The van der Waals surface area contributed by atoms with E-state index in [0.717, 1.165) is 10.5 Å². The maximum absolute atomic E-state index is 12.8. The summed E-state index contributed by atoms with van der Waals surface area (Å²) in [5.41, 5.74) is 2.15. The molecule has 0 aromatic heterocycles. The van der Waals surface area contributed by atoms with Crippen molar-refractivity contribution in [2.45, 2.75) is 37.8 Å². The summed E-state index contributed by atoms with van der Waals surface area (Å²) in [5.74, 6) is 0.448. The second-order valence-corrected chi connectivity index (χ2v) is 7.95. The van der Waals surface area contributed by atoms with E-state index in [0.29, 0.717) is 23.7 Å². The molecule has 0 aliphatic rings. The average molecular weight is 405 g/mol. The van der Waals surface area contributed by atoms with Gasteiger partial charge < -0.3 is 10.2 Å². The van der Waals surface area contributed by atoms with Crippen LogP contribution in [0.5, 0.6) is 0 Å². The summed E-state index contributed by atoms with van der Waals surface area (Å²) >= 11 is 7.58. The van der Waals surface area contributed by atoms with Crippen LogP contribution in [-0.4, -0.2) is 35.6 Å². The predicted molar refractivity (Wildman–Crippen MR) is 112 cm³/mol. The van der Waals surface area contributed by atoms with E-state index in [1.807, 2.05) is 19.1 Å². The summed E-state index contributed by atoms with van der Waals surface area (Å²) in [5, 5.41) is 3.27. The highest BCUT2D eigenvalue weighted by Gasteiger charge is 2.25. The molecule has 2 aromatic rings. The lowest BCUT2D eigenvalue weighted by Crippen LogP contribution is -2.46. The lowest BCUT2D eigenvalue weighted by molar-refractivity contribution is -0.140. The Morgan fingerprint density at radius 2 is 1.74 bits per heavy atom. The minimum atomic E-state index is -0.539. The van der Waals surface area contributed by atoms with E-state index in [-0.39, 0.29) is 11.8 Å². The van der Waals surface area contributed by atoms with Gasteiger partial charge in [-0.05, 0) is 43.7 Å². The molecule has 0 aliphatic heterocycles. The molecule has 1 atom stereocenters. The van der Waals surface area contributed by atoms with Crippen LogP contribution in [0, 0.1) is 6.92 Å². The van der Waals surface area contributed by atoms with Crippen LogP contribution in [-0.2, 0) is 16.1 Å². The Morgan fingerprint density at radius 1 is 1.11 bits per heavy atom. The van der Waals surface area contributed by atoms with E-state index in [1.54, 1.807) is 42.8 Å². The number of carbonyl (C=O) groups is 2. The molecule has 0 saturated carbocycles. The number of rotatable bonds is 8. The summed E-state index contributed by atoms with van der Waals surface area (Å²) in [6.07, 6.45) is 0.369. The second kappa shape index (κ2) is 10.4. The Balaban J connectivity index is 2.02. The number of likely N-dealkylation sites (N-methyl/N-ethyl adjacent to an activating group) is 1. The van der Waals surface area contributed by atoms with Crippen LogP contribution in [0.1, 0.15) is 24.5 Å². The number of aryl methyl sites for hydroxylation is 1. The van der Waals surface area contributed by atoms with Crippen molar-refractivity contribution >= 4 is 35.2 Å². The highest BCUT2D eigenvalue weighted by Crippen LogP contribution is 2.20. The number of hydrogen-bond donors (Lipinski definition) is 1. The molecule has 0 bridgehead atoms. The van der Waals surface area contributed by atoms with Crippen molar-refractivity contribution in [3.63, 3.8) is 0 Å². The van der Waals surface area contributed by atoms with Gasteiger partial charge in [-0.2, -0.15) is 0 Å². The average Bonchev–Trinajstić information content (AvgIpc) is 2.67. The fourth-order valence-electron chi connectivity index (χ4n) is 2.61. The number of hydrogen-bond acceptors (Lipinski definition) is 3. The Hall–Kier alpha value is -1.98. The first-order chi connectivity index (χ1) is 12.9. The molecule has 0 heterocycles. The van der Waals surface area contributed by atoms with Gasteiger partial charge >= 0.3 is 0 Å². The van der Waals surface area contributed by atoms with Crippen LogP contribution in [0.2, 0.25) is 5.02 Å². The third-order valence-corrected chi connectivity index (χ3v) is 5.55. The van der Waals surface area contributed by atoms with Gasteiger partial charge in [-0.3, -0.25) is 9.59 Å². The van der Waals surface area contributed by atoms with Crippen LogP contribution in [0.15, 0.2) is 53.4 Å². The van der Waals surface area contributed by atoms with E-state index in [4.69, 9.17) is 11.6 Å². The van der Waals surface area contributed by atoms with Crippen molar-refractivity contribution in [2.24, 2.45) is 0 Å². The third kappa shape index (κ3) is 6.60. The first-order valence-electron chi connectivity index (χ1n) is 8.85. The fraction of sp³-hybridized carbons (Fsp3) is 0.333. The molecular weight excluding hydrogens is 380 g/mol. The van der Waals surface area contributed by atoms with Gasteiger partial charge in [-0.15, -0.1) is 11.8 Å². The van der Waals surface area contributed by atoms with Crippen LogP contribution < -0.4 is 5.32 Å². The lowest BCUT2D eigenvalue weighted by Gasteiger charge is -2.28. The highest BCUT2D eigenvalue weighted by molar-refractivity contribution is 7.99. The van der Waals surface area contributed by atoms with Crippen molar-refractivity contribution < 1.29 is 9.59 Å². The number of benzene rings is 2. The van der Waals surface area contributed by atoms with Crippen LogP contribution in [0.3, 0.4) is 0 Å². The van der Waals surface area contributed by atoms with E-state index >= 15 is 0 Å². The number of nitrogens with zero attached hydrogens (tertiary/aromatic N) is 1. The third-order valence-electron chi connectivity index (χ3n) is 4.29. The smallest absolute Gasteiger partial charge is 0.242 e. The predicted octanol–water partition coefficient (Wildman–Crippen LogP) is 4.29. The summed E-state index contributed by atoms with van der Waals surface area (Å²) in [6.45, 7) is 4.17. The Morgan fingerprint density at radius 3 is 2.33 bits per heavy atom. The molecule has 27 heavy (non-hydrogen) atoms. The van der Waals surface area contributed by atoms with Gasteiger partial charge in [0, 0.05) is 35.7 Å². The molecule has 1 N–H and O–H groups in total.